The van der Waals surface area contributed by atoms with Crippen molar-refractivity contribution in [2.24, 2.45) is 5.41 Å². The number of hydrogen-bond donors (Lipinski definition) is 1. The molecule has 3 aliphatic heterocycles. The van der Waals surface area contributed by atoms with Crippen LogP contribution in [-0.4, -0.2) is 99.0 Å². The molecule has 10 nitrogen and oxygen atoms in total. The second kappa shape index (κ2) is 10.6. The van der Waals surface area contributed by atoms with E-state index in [1.807, 2.05) is 31.9 Å². The van der Waals surface area contributed by atoms with Gasteiger partial charge in [0.2, 0.25) is 0 Å². The zero-order valence-corrected chi connectivity index (χ0v) is 28.8. The number of aryl methyl sites for hydroxylation is 1. The van der Waals surface area contributed by atoms with Crippen molar-refractivity contribution in [3.8, 4) is 11.1 Å². The molecule has 1 amide bonds. The molecular formula is C34H48ClN7O3. The van der Waals surface area contributed by atoms with E-state index in [1.165, 1.54) is 0 Å². The Kier molecular flexibility index (Phi) is 7.26. The van der Waals surface area contributed by atoms with Crippen LogP contribution in [0.25, 0.3) is 22.0 Å². The summed E-state index contributed by atoms with van der Waals surface area (Å²) in [4.78, 5) is 19.5. The first-order valence-electron chi connectivity index (χ1n) is 16.4. The van der Waals surface area contributed by atoms with E-state index in [-0.39, 0.29) is 23.1 Å². The van der Waals surface area contributed by atoms with Crippen LogP contribution < -0.4 is 4.90 Å². The lowest BCUT2D eigenvalue weighted by Gasteiger charge is -2.58. The van der Waals surface area contributed by atoms with Crippen LogP contribution in [0.15, 0.2) is 12.3 Å². The second-order valence-electron chi connectivity index (χ2n) is 15.8. The minimum absolute atomic E-state index is 0.114. The van der Waals surface area contributed by atoms with Crippen LogP contribution in [0.2, 0.25) is 5.02 Å². The minimum Gasteiger partial charge on any atom is -0.444 e. The number of hydrogen-bond acceptors (Lipinski definition) is 7. The van der Waals surface area contributed by atoms with E-state index in [0.29, 0.717) is 12.1 Å². The molecule has 1 unspecified atom stereocenters. The molecule has 0 radical (unpaired) electrons. The number of likely N-dealkylation sites (tertiary alicyclic amines) is 1. The molecule has 244 valence electrons. The van der Waals surface area contributed by atoms with Gasteiger partial charge in [-0.3, -0.25) is 14.7 Å². The summed E-state index contributed by atoms with van der Waals surface area (Å²) in [5, 5.41) is 14.8. The maximum absolute atomic E-state index is 12.6. The Bertz CT molecular complexity index is 1620. The monoisotopic (exact) mass is 637 g/mol. The van der Waals surface area contributed by atoms with Crippen molar-refractivity contribution in [1.82, 2.24) is 29.8 Å². The van der Waals surface area contributed by atoms with Crippen LogP contribution in [-0.2, 0) is 9.47 Å². The fourth-order valence-electron chi connectivity index (χ4n) is 8.24. The van der Waals surface area contributed by atoms with Crippen molar-refractivity contribution in [3.63, 3.8) is 0 Å². The van der Waals surface area contributed by atoms with E-state index < -0.39 is 5.60 Å². The van der Waals surface area contributed by atoms with E-state index in [2.05, 4.69) is 65.5 Å². The summed E-state index contributed by atoms with van der Waals surface area (Å²) in [6.45, 7) is 18.8. The molecule has 5 heterocycles. The number of likely N-dealkylation sites (N-methyl/N-ethyl adjacent to an activating group) is 1. The van der Waals surface area contributed by atoms with Crippen molar-refractivity contribution >= 4 is 34.4 Å². The Labute approximate surface area is 271 Å². The Morgan fingerprint density at radius 2 is 1.84 bits per heavy atom. The summed E-state index contributed by atoms with van der Waals surface area (Å²) in [6, 6.07) is 3.36. The van der Waals surface area contributed by atoms with Crippen LogP contribution in [0.1, 0.15) is 77.6 Å². The quantitative estimate of drug-likeness (QED) is 0.349. The number of aromatic amines is 1. The van der Waals surface area contributed by atoms with Crippen LogP contribution in [0.4, 0.5) is 10.6 Å². The molecule has 4 aliphatic rings. The molecule has 0 bridgehead atoms. The van der Waals surface area contributed by atoms with E-state index in [4.69, 9.17) is 26.2 Å². The predicted octanol–water partition coefficient (Wildman–Crippen LogP) is 6.35. The molecule has 45 heavy (non-hydrogen) atoms. The standard InChI is InChI=1S/C34H48ClN7O3/c1-20-11-26-25(15-36-37-26)28(29(20)35)27-21(2)42(23-13-34(14-23)18-40(19-34)31(43)45-32(3,4)5)38-30(27)41-10-9-22(12-33(41,6)7)39(8)24-16-44-17-24/h11,15,22-24H,9-10,12-14,16-19H2,1-8H3,(H,36,37). The first kappa shape index (κ1) is 30.8. The third kappa shape index (κ3) is 5.21. The maximum atomic E-state index is 12.6. The average Bonchev–Trinajstić information content (AvgIpc) is 3.45. The van der Waals surface area contributed by atoms with Crippen LogP contribution in [0.5, 0.6) is 0 Å². The number of nitrogens with one attached hydrogen (secondary N) is 1. The first-order chi connectivity index (χ1) is 21.2. The number of halogens is 1. The van der Waals surface area contributed by atoms with E-state index in [0.717, 1.165) is 103 Å². The molecule has 3 aromatic rings. The highest BCUT2D eigenvalue weighted by Gasteiger charge is 2.56. The SMILES string of the molecule is Cc1cc2[nH]ncc2c(-c2c(N3CCC(N(C)C4COC4)CC3(C)C)nn(C3CC4(C3)CN(C(=O)OC(C)(C)C)C4)c2C)c1Cl. The smallest absolute Gasteiger partial charge is 0.410 e. The number of aromatic nitrogens is 4. The molecule has 11 heteroatoms. The van der Waals surface area contributed by atoms with Crippen molar-refractivity contribution in [2.75, 3.05) is 44.8 Å². The van der Waals surface area contributed by atoms with Gasteiger partial charge in [0.1, 0.15) is 5.60 Å². The number of ether oxygens (including phenoxy) is 2. The summed E-state index contributed by atoms with van der Waals surface area (Å²) in [5.74, 6) is 1.01. The topological polar surface area (TPSA) is 91.8 Å². The van der Waals surface area contributed by atoms with Gasteiger partial charge >= 0.3 is 6.09 Å². The molecule has 1 N–H and O–H groups in total. The first-order valence-corrected chi connectivity index (χ1v) is 16.8. The number of fused-ring (bicyclic) bond motifs is 1. The normalized spacial score (nSPS) is 23.4. The number of nitrogens with zero attached hydrogens (tertiary/aromatic N) is 6. The lowest BCUT2D eigenvalue weighted by molar-refractivity contribution is -0.0930. The van der Waals surface area contributed by atoms with Gasteiger partial charge in [0.25, 0.3) is 0 Å². The number of piperidine rings is 1. The Hall–Kier alpha value is -2.82. The predicted molar refractivity (Wildman–Crippen MR) is 177 cm³/mol. The van der Waals surface area contributed by atoms with Gasteiger partial charge in [-0.15, -0.1) is 0 Å². The van der Waals surface area contributed by atoms with E-state index in [9.17, 15) is 4.79 Å². The third-order valence-corrected chi connectivity index (χ3v) is 11.3. The number of H-pyrrole nitrogens is 1. The molecule has 7 rings (SSSR count). The van der Waals surface area contributed by atoms with Gasteiger partial charge in [-0.05, 0) is 92.8 Å². The number of rotatable bonds is 5. The Morgan fingerprint density at radius 1 is 1.13 bits per heavy atom. The second-order valence-corrected chi connectivity index (χ2v) is 16.2. The molecule has 1 atom stereocenters. The highest BCUT2D eigenvalue weighted by atomic mass is 35.5. The summed E-state index contributed by atoms with van der Waals surface area (Å²) in [5.41, 5.74) is 4.78. The van der Waals surface area contributed by atoms with Crippen molar-refractivity contribution in [2.45, 2.75) is 103 Å². The molecule has 1 aromatic carbocycles. The van der Waals surface area contributed by atoms with E-state index >= 15 is 0 Å². The van der Waals surface area contributed by atoms with Gasteiger partial charge in [0.05, 0.1) is 42.0 Å². The fourth-order valence-corrected chi connectivity index (χ4v) is 8.49. The molecular weight excluding hydrogens is 590 g/mol. The van der Waals surface area contributed by atoms with Gasteiger partial charge in [-0.25, -0.2) is 4.79 Å². The lowest BCUT2D eigenvalue weighted by Crippen LogP contribution is -2.64. The highest BCUT2D eigenvalue weighted by molar-refractivity contribution is 6.36. The van der Waals surface area contributed by atoms with Crippen LogP contribution in [0, 0.1) is 19.3 Å². The number of anilines is 1. The summed E-state index contributed by atoms with van der Waals surface area (Å²) in [7, 11) is 2.26. The van der Waals surface area contributed by atoms with Gasteiger partial charge in [-0.2, -0.15) is 10.2 Å². The van der Waals surface area contributed by atoms with Crippen molar-refractivity contribution in [3.05, 3.63) is 28.5 Å². The fraction of sp³-hybridized carbons (Fsp3) is 0.676. The summed E-state index contributed by atoms with van der Waals surface area (Å²) >= 11 is 7.18. The minimum atomic E-state index is -0.484. The average molecular weight is 638 g/mol. The third-order valence-electron chi connectivity index (χ3n) is 10.8. The molecule has 3 saturated heterocycles. The molecule has 2 aromatic heterocycles. The largest absolute Gasteiger partial charge is 0.444 e. The molecule has 1 aliphatic carbocycles. The van der Waals surface area contributed by atoms with Crippen molar-refractivity contribution < 1.29 is 14.3 Å². The molecule has 1 spiro atoms. The summed E-state index contributed by atoms with van der Waals surface area (Å²) in [6.07, 6.45) is 5.78. The Balaban J connectivity index is 1.21. The Morgan fingerprint density at radius 3 is 2.47 bits per heavy atom. The van der Waals surface area contributed by atoms with Gasteiger partial charge in [-0.1, -0.05) is 11.6 Å². The highest BCUT2D eigenvalue weighted by Crippen LogP contribution is 2.56. The number of carbonyl (C=O) groups is 1. The lowest BCUT2D eigenvalue weighted by atomic mass is 9.61. The van der Waals surface area contributed by atoms with Crippen LogP contribution in [0.3, 0.4) is 0 Å². The maximum Gasteiger partial charge on any atom is 0.410 e. The summed E-state index contributed by atoms with van der Waals surface area (Å²) < 4.78 is 13.4. The van der Waals surface area contributed by atoms with Crippen molar-refractivity contribution in [1.29, 1.82) is 0 Å². The molecule has 4 fully saturated rings. The number of amides is 1. The van der Waals surface area contributed by atoms with Gasteiger partial charge in [0.15, 0.2) is 5.82 Å². The molecule has 1 saturated carbocycles. The zero-order valence-electron chi connectivity index (χ0n) is 28.0. The zero-order chi connectivity index (χ0) is 32.1. The van der Waals surface area contributed by atoms with E-state index in [1.54, 1.807) is 0 Å². The van der Waals surface area contributed by atoms with Gasteiger partial charge in [0, 0.05) is 58.8 Å². The number of benzene rings is 1. The van der Waals surface area contributed by atoms with Crippen LogP contribution >= 0.6 is 11.6 Å². The number of carbonyl (C=O) groups excluding carboxylic acids is 1. The van der Waals surface area contributed by atoms with Gasteiger partial charge < -0.3 is 19.3 Å².